The van der Waals surface area contributed by atoms with Gasteiger partial charge in [0.15, 0.2) is 0 Å². The molecule has 13 heteroatoms. The van der Waals surface area contributed by atoms with E-state index in [9.17, 15) is 33.7 Å². The SMILES string of the molecule is CCC[C@H](NC(=O)[C@H](C)N)C(=O)N(C(=O)[C@H](C)N)C(CC(=O)O)P(=O)(O)C(C)N. The van der Waals surface area contributed by atoms with Crippen LogP contribution in [0.1, 0.15) is 47.0 Å². The molecule has 0 aromatic rings. The molecule has 0 aliphatic heterocycles. The van der Waals surface area contributed by atoms with Crippen LogP contribution in [0.15, 0.2) is 0 Å². The fourth-order valence-corrected chi connectivity index (χ4v) is 3.97. The van der Waals surface area contributed by atoms with Crippen molar-refractivity contribution in [2.45, 2.75) is 76.6 Å². The molecule has 0 spiro atoms. The Balaban J connectivity index is 6.38. The molecule has 0 rings (SSSR count). The van der Waals surface area contributed by atoms with E-state index in [0.717, 1.165) is 6.92 Å². The summed E-state index contributed by atoms with van der Waals surface area (Å²) in [4.78, 5) is 59.9. The lowest BCUT2D eigenvalue weighted by Gasteiger charge is -2.36. The zero-order chi connectivity index (χ0) is 23.1. The highest BCUT2D eigenvalue weighted by atomic mass is 31.2. The molecule has 0 bridgehead atoms. The number of carboxylic acid groups (broad SMARTS) is 1. The van der Waals surface area contributed by atoms with Crippen molar-refractivity contribution in [1.29, 1.82) is 0 Å². The van der Waals surface area contributed by atoms with Gasteiger partial charge in [-0.25, -0.2) is 0 Å². The third-order valence-electron chi connectivity index (χ3n) is 4.14. The molecule has 6 atom stereocenters. The molecule has 0 saturated heterocycles. The molecular formula is C16H32N5O7P. The van der Waals surface area contributed by atoms with Crippen LogP contribution in [-0.2, 0) is 23.7 Å². The van der Waals surface area contributed by atoms with E-state index >= 15 is 0 Å². The summed E-state index contributed by atoms with van der Waals surface area (Å²) in [5.41, 5.74) is 16.6. The second-order valence-electron chi connectivity index (χ2n) is 6.97. The van der Waals surface area contributed by atoms with Crippen molar-refractivity contribution < 1.29 is 33.7 Å². The van der Waals surface area contributed by atoms with Gasteiger partial charge in [0.25, 0.3) is 5.91 Å². The minimum atomic E-state index is -4.56. The molecule has 0 fully saturated rings. The largest absolute Gasteiger partial charge is 0.481 e. The first-order valence-electron chi connectivity index (χ1n) is 9.16. The lowest BCUT2D eigenvalue weighted by Crippen LogP contribution is -2.59. The first kappa shape index (κ1) is 27.1. The molecule has 168 valence electrons. The standard InChI is InChI=1S/C16H32N5O7P/c1-5-6-11(20-14(24)8(2)17)16(26)21(15(25)9(3)18)12(7-13(22)23)29(27,28)10(4)19/h8-12H,5-7,17-19H2,1-4H3,(H,20,24)(H,22,23)(H,27,28)/t8-,9-,10?,11-,12?/m0/s1. The Bertz CT molecular complexity index is 668. The van der Waals surface area contributed by atoms with Crippen molar-refractivity contribution in [2.75, 3.05) is 0 Å². The molecule has 0 saturated carbocycles. The van der Waals surface area contributed by atoms with Gasteiger partial charge in [0, 0.05) is 0 Å². The maximum absolute atomic E-state index is 13.2. The summed E-state index contributed by atoms with van der Waals surface area (Å²) in [7, 11) is -4.56. The number of hydrogen-bond donors (Lipinski definition) is 6. The van der Waals surface area contributed by atoms with Crippen molar-refractivity contribution in [3.05, 3.63) is 0 Å². The maximum atomic E-state index is 13.2. The molecule has 9 N–H and O–H groups in total. The van der Waals surface area contributed by atoms with Crippen molar-refractivity contribution in [2.24, 2.45) is 17.2 Å². The summed E-state index contributed by atoms with van der Waals surface area (Å²) in [6.07, 6.45) is -0.531. The van der Waals surface area contributed by atoms with Gasteiger partial charge in [0.05, 0.1) is 24.3 Å². The van der Waals surface area contributed by atoms with E-state index in [1.165, 1.54) is 13.8 Å². The summed E-state index contributed by atoms with van der Waals surface area (Å²) in [5.74, 6) is -7.69. The van der Waals surface area contributed by atoms with Crippen LogP contribution in [-0.4, -0.2) is 68.3 Å². The van der Waals surface area contributed by atoms with Crippen LogP contribution >= 0.6 is 7.37 Å². The van der Waals surface area contributed by atoms with E-state index in [1.807, 2.05) is 0 Å². The summed E-state index contributed by atoms with van der Waals surface area (Å²) in [5, 5.41) is 11.6. The molecule has 0 aliphatic carbocycles. The van der Waals surface area contributed by atoms with Crippen molar-refractivity contribution in [3.8, 4) is 0 Å². The average Bonchev–Trinajstić information content (AvgIpc) is 2.59. The molecule has 0 aromatic heterocycles. The van der Waals surface area contributed by atoms with E-state index in [4.69, 9.17) is 17.2 Å². The van der Waals surface area contributed by atoms with E-state index in [0.29, 0.717) is 11.3 Å². The number of carbonyl (C=O) groups excluding carboxylic acids is 3. The Labute approximate surface area is 169 Å². The Morgan fingerprint density at radius 3 is 1.90 bits per heavy atom. The first-order valence-corrected chi connectivity index (χ1v) is 11.0. The normalized spacial score (nSPS) is 18.5. The molecule has 0 radical (unpaired) electrons. The van der Waals surface area contributed by atoms with E-state index in [1.54, 1.807) is 6.92 Å². The second-order valence-corrected chi connectivity index (χ2v) is 9.72. The summed E-state index contributed by atoms with van der Waals surface area (Å²) in [6, 6.07) is -3.51. The molecule has 12 nitrogen and oxygen atoms in total. The molecule has 0 aliphatic rings. The van der Waals surface area contributed by atoms with Crippen LogP contribution < -0.4 is 22.5 Å². The minimum absolute atomic E-state index is 0.0771. The zero-order valence-electron chi connectivity index (χ0n) is 17.1. The summed E-state index contributed by atoms with van der Waals surface area (Å²) < 4.78 is 12.8. The highest BCUT2D eigenvalue weighted by molar-refractivity contribution is 7.59. The number of nitrogens with one attached hydrogen (secondary N) is 1. The van der Waals surface area contributed by atoms with Gasteiger partial charge in [-0.1, -0.05) is 13.3 Å². The predicted octanol–water partition coefficient (Wildman–Crippen LogP) is -1.30. The number of carbonyl (C=O) groups is 4. The molecule has 29 heavy (non-hydrogen) atoms. The van der Waals surface area contributed by atoms with Crippen LogP contribution in [0, 0.1) is 0 Å². The fraction of sp³-hybridized carbons (Fsp3) is 0.750. The maximum Gasteiger partial charge on any atom is 0.306 e. The molecule has 3 amide bonds. The average molecular weight is 437 g/mol. The number of imide groups is 1. The minimum Gasteiger partial charge on any atom is -0.481 e. The van der Waals surface area contributed by atoms with Gasteiger partial charge in [0.2, 0.25) is 19.2 Å². The van der Waals surface area contributed by atoms with Crippen LogP contribution in [0.5, 0.6) is 0 Å². The number of amides is 3. The van der Waals surface area contributed by atoms with Crippen molar-refractivity contribution >= 4 is 31.1 Å². The number of carboxylic acids is 1. The predicted molar refractivity (Wildman–Crippen MR) is 106 cm³/mol. The van der Waals surface area contributed by atoms with Gasteiger partial charge in [-0.05, 0) is 27.2 Å². The lowest BCUT2D eigenvalue weighted by molar-refractivity contribution is -0.150. The van der Waals surface area contributed by atoms with Gasteiger partial charge in [-0.2, -0.15) is 0 Å². The van der Waals surface area contributed by atoms with Crippen LogP contribution in [0.25, 0.3) is 0 Å². The van der Waals surface area contributed by atoms with Crippen LogP contribution in [0.3, 0.4) is 0 Å². The summed E-state index contributed by atoms with van der Waals surface area (Å²) in [6.45, 7) is 5.50. The van der Waals surface area contributed by atoms with Gasteiger partial charge in [0.1, 0.15) is 11.8 Å². The number of nitrogens with two attached hydrogens (primary N) is 3. The van der Waals surface area contributed by atoms with Crippen molar-refractivity contribution in [1.82, 2.24) is 10.2 Å². The lowest BCUT2D eigenvalue weighted by atomic mass is 10.1. The Morgan fingerprint density at radius 1 is 1.03 bits per heavy atom. The third kappa shape index (κ3) is 7.48. The number of nitrogens with zero attached hydrogens (tertiary/aromatic N) is 1. The topological polar surface area (TPSA) is 219 Å². The monoisotopic (exact) mass is 437 g/mol. The van der Waals surface area contributed by atoms with Crippen molar-refractivity contribution in [3.63, 3.8) is 0 Å². The molecular weight excluding hydrogens is 405 g/mol. The number of aliphatic carboxylic acids is 1. The third-order valence-corrected chi connectivity index (χ3v) is 6.57. The molecule has 0 heterocycles. The van der Waals surface area contributed by atoms with Crippen LogP contribution in [0.4, 0.5) is 0 Å². The van der Waals surface area contributed by atoms with Gasteiger partial charge < -0.3 is 32.5 Å². The first-order chi connectivity index (χ1) is 13.2. The number of rotatable bonds is 11. The Morgan fingerprint density at radius 2 is 1.55 bits per heavy atom. The Hall–Kier alpha value is -1.85. The highest BCUT2D eigenvalue weighted by Gasteiger charge is 2.47. The highest BCUT2D eigenvalue weighted by Crippen LogP contribution is 2.52. The van der Waals surface area contributed by atoms with E-state index < -0.39 is 67.2 Å². The number of hydrogen-bond acceptors (Lipinski definition) is 8. The second kappa shape index (κ2) is 11.4. The Kier molecular flexibility index (Phi) is 10.6. The quantitative estimate of drug-likeness (QED) is 0.210. The smallest absolute Gasteiger partial charge is 0.306 e. The molecule has 0 aromatic carbocycles. The zero-order valence-corrected chi connectivity index (χ0v) is 18.0. The van der Waals surface area contributed by atoms with Gasteiger partial charge in [-0.3, -0.25) is 28.6 Å². The molecule has 3 unspecified atom stereocenters. The van der Waals surface area contributed by atoms with Crippen LogP contribution in [0.2, 0.25) is 0 Å². The fourth-order valence-electron chi connectivity index (χ4n) is 2.45. The van der Waals surface area contributed by atoms with Gasteiger partial charge in [-0.15, -0.1) is 0 Å². The van der Waals surface area contributed by atoms with Gasteiger partial charge >= 0.3 is 5.97 Å². The van der Waals surface area contributed by atoms with E-state index in [2.05, 4.69) is 5.32 Å². The summed E-state index contributed by atoms with van der Waals surface area (Å²) >= 11 is 0. The van der Waals surface area contributed by atoms with E-state index in [-0.39, 0.29) is 6.42 Å².